The zero-order chi connectivity index (χ0) is 14.5. The van der Waals surface area contributed by atoms with Gasteiger partial charge in [0.1, 0.15) is 5.82 Å². The lowest BCUT2D eigenvalue weighted by molar-refractivity contribution is 0.256. The molecule has 0 saturated heterocycles. The van der Waals surface area contributed by atoms with Crippen LogP contribution in [0.15, 0.2) is 41.3 Å². The van der Waals surface area contributed by atoms with Crippen LogP contribution >= 0.6 is 0 Å². The molecule has 0 fully saturated rings. The Bertz CT molecular complexity index is 512. The summed E-state index contributed by atoms with van der Waals surface area (Å²) in [5.74, 6) is -0.129. The molecule has 2 atom stereocenters. The monoisotopic (exact) mass is 277 g/mol. The Labute approximate surface area is 118 Å². The van der Waals surface area contributed by atoms with E-state index in [0.29, 0.717) is 0 Å². The maximum Gasteiger partial charge on any atom is 0.141 e. The predicted molar refractivity (Wildman–Crippen MR) is 75.3 cm³/mol. The molecule has 2 heterocycles. The van der Waals surface area contributed by atoms with Crippen LogP contribution in [0.2, 0.25) is 0 Å². The van der Waals surface area contributed by atoms with Gasteiger partial charge in [0.15, 0.2) is 0 Å². The second-order valence-corrected chi connectivity index (χ2v) is 5.23. The Morgan fingerprint density at radius 1 is 1.40 bits per heavy atom. The number of furan rings is 1. The minimum atomic E-state index is -0.342. The molecule has 0 aliphatic rings. The number of pyridine rings is 1. The topological polar surface area (TPSA) is 55.3 Å². The molecule has 4 nitrogen and oxygen atoms in total. The SMILES string of the molecule is CC(CN(C)Cc1ccoc1)C(N)c1ccc(F)cn1. The Kier molecular flexibility index (Phi) is 4.87. The van der Waals surface area contributed by atoms with E-state index < -0.39 is 0 Å². The van der Waals surface area contributed by atoms with E-state index in [1.807, 2.05) is 13.1 Å². The van der Waals surface area contributed by atoms with Crippen molar-refractivity contribution in [3.05, 3.63) is 54.0 Å². The lowest BCUT2D eigenvalue weighted by Gasteiger charge is -2.25. The number of halogens is 1. The van der Waals surface area contributed by atoms with Crippen LogP contribution in [0.1, 0.15) is 24.2 Å². The van der Waals surface area contributed by atoms with E-state index in [4.69, 9.17) is 10.2 Å². The smallest absolute Gasteiger partial charge is 0.141 e. The van der Waals surface area contributed by atoms with E-state index in [2.05, 4.69) is 16.8 Å². The molecule has 0 saturated carbocycles. The van der Waals surface area contributed by atoms with Crippen molar-refractivity contribution in [2.75, 3.05) is 13.6 Å². The van der Waals surface area contributed by atoms with Gasteiger partial charge in [0, 0.05) is 18.7 Å². The predicted octanol–water partition coefficient (Wildman–Crippen LogP) is 2.58. The van der Waals surface area contributed by atoms with Crippen LogP contribution in [-0.4, -0.2) is 23.5 Å². The lowest BCUT2D eigenvalue weighted by Crippen LogP contribution is -2.31. The van der Waals surface area contributed by atoms with E-state index in [9.17, 15) is 4.39 Å². The summed E-state index contributed by atoms with van der Waals surface area (Å²) < 4.78 is 17.9. The molecule has 0 bridgehead atoms. The number of hydrogen-bond donors (Lipinski definition) is 1. The van der Waals surface area contributed by atoms with Crippen molar-refractivity contribution in [1.82, 2.24) is 9.88 Å². The van der Waals surface area contributed by atoms with Gasteiger partial charge in [0.2, 0.25) is 0 Å². The molecule has 5 heteroatoms. The van der Waals surface area contributed by atoms with Crippen molar-refractivity contribution in [2.45, 2.75) is 19.5 Å². The van der Waals surface area contributed by atoms with Crippen LogP contribution in [0.25, 0.3) is 0 Å². The summed E-state index contributed by atoms with van der Waals surface area (Å²) in [6.45, 7) is 3.71. The van der Waals surface area contributed by atoms with Gasteiger partial charge in [-0.15, -0.1) is 0 Å². The van der Waals surface area contributed by atoms with Crippen LogP contribution in [0.5, 0.6) is 0 Å². The minimum Gasteiger partial charge on any atom is -0.472 e. The third-order valence-corrected chi connectivity index (χ3v) is 3.34. The fourth-order valence-corrected chi connectivity index (χ4v) is 2.24. The van der Waals surface area contributed by atoms with E-state index in [1.54, 1.807) is 18.6 Å². The minimum absolute atomic E-state index is 0.206. The zero-order valence-electron chi connectivity index (χ0n) is 11.8. The highest BCUT2D eigenvalue weighted by atomic mass is 19.1. The average Bonchev–Trinajstić information content (AvgIpc) is 2.91. The standard InChI is InChI=1S/C15H20FN3O/c1-11(8-19(2)9-12-5-6-20-10-12)15(17)14-4-3-13(16)7-18-14/h3-7,10-11,15H,8-9,17H2,1-2H3. The van der Waals surface area contributed by atoms with Gasteiger partial charge in [-0.1, -0.05) is 6.92 Å². The Balaban J connectivity index is 1.90. The molecule has 2 N–H and O–H groups in total. The maximum atomic E-state index is 12.9. The first kappa shape index (κ1) is 14.7. The van der Waals surface area contributed by atoms with Crippen molar-refractivity contribution in [3.63, 3.8) is 0 Å². The molecule has 108 valence electrons. The summed E-state index contributed by atoms with van der Waals surface area (Å²) in [5.41, 5.74) is 8.03. The number of nitrogens with two attached hydrogens (primary N) is 1. The third kappa shape index (κ3) is 3.88. The van der Waals surface area contributed by atoms with Gasteiger partial charge < -0.3 is 15.1 Å². The maximum absolute atomic E-state index is 12.9. The lowest BCUT2D eigenvalue weighted by atomic mass is 9.98. The number of hydrogen-bond acceptors (Lipinski definition) is 4. The largest absolute Gasteiger partial charge is 0.472 e. The first-order chi connectivity index (χ1) is 9.56. The quantitative estimate of drug-likeness (QED) is 0.881. The molecule has 2 rings (SSSR count). The summed E-state index contributed by atoms with van der Waals surface area (Å²) in [6.07, 6.45) is 4.61. The average molecular weight is 277 g/mol. The molecule has 2 aromatic heterocycles. The summed E-state index contributed by atoms with van der Waals surface area (Å²) in [6, 6.07) is 4.78. The van der Waals surface area contributed by atoms with Gasteiger partial charge in [-0.3, -0.25) is 4.98 Å². The first-order valence-corrected chi connectivity index (χ1v) is 6.63. The number of nitrogens with zero attached hydrogens (tertiary/aromatic N) is 2. The fraction of sp³-hybridized carbons (Fsp3) is 0.400. The van der Waals surface area contributed by atoms with Gasteiger partial charge in [-0.05, 0) is 31.2 Å². The van der Waals surface area contributed by atoms with E-state index in [-0.39, 0.29) is 17.8 Å². The van der Waals surface area contributed by atoms with Gasteiger partial charge in [-0.2, -0.15) is 0 Å². The van der Waals surface area contributed by atoms with Crippen molar-refractivity contribution in [2.24, 2.45) is 11.7 Å². The van der Waals surface area contributed by atoms with Crippen LogP contribution < -0.4 is 5.73 Å². The molecule has 2 unspecified atom stereocenters. The molecule has 0 spiro atoms. The molecule has 0 aromatic carbocycles. The molecule has 20 heavy (non-hydrogen) atoms. The molecular weight excluding hydrogens is 257 g/mol. The summed E-state index contributed by atoms with van der Waals surface area (Å²) in [7, 11) is 2.04. The van der Waals surface area contributed by atoms with E-state index in [0.717, 1.165) is 24.3 Å². The van der Waals surface area contributed by atoms with Crippen LogP contribution in [0.4, 0.5) is 4.39 Å². The summed E-state index contributed by atoms with van der Waals surface area (Å²) in [4.78, 5) is 6.23. The molecule has 0 aliphatic carbocycles. The fourth-order valence-electron chi connectivity index (χ4n) is 2.24. The molecule has 2 aromatic rings. The normalized spacial score (nSPS) is 14.4. The highest BCUT2D eigenvalue weighted by Gasteiger charge is 2.18. The Morgan fingerprint density at radius 2 is 2.20 bits per heavy atom. The van der Waals surface area contributed by atoms with Gasteiger partial charge in [0.05, 0.1) is 30.5 Å². The van der Waals surface area contributed by atoms with Crippen LogP contribution in [0, 0.1) is 11.7 Å². The molecular formula is C15H20FN3O. The Morgan fingerprint density at radius 3 is 2.80 bits per heavy atom. The zero-order valence-corrected chi connectivity index (χ0v) is 11.8. The third-order valence-electron chi connectivity index (χ3n) is 3.34. The van der Waals surface area contributed by atoms with Gasteiger partial charge >= 0.3 is 0 Å². The number of aromatic nitrogens is 1. The first-order valence-electron chi connectivity index (χ1n) is 6.63. The molecule has 0 radical (unpaired) electrons. The van der Waals surface area contributed by atoms with Crippen molar-refractivity contribution >= 4 is 0 Å². The van der Waals surface area contributed by atoms with E-state index in [1.165, 1.54) is 12.3 Å². The summed E-state index contributed by atoms with van der Waals surface area (Å²) >= 11 is 0. The number of rotatable bonds is 6. The summed E-state index contributed by atoms with van der Waals surface area (Å²) in [5, 5.41) is 0. The highest BCUT2D eigenvalue weighted by molar-refractivity contribution is 5.10. The van der Waals surface area contributed by atoms with Crippen molar-refractivity contribution in [3.8, 4) is 0 Å². The van der Waals surface area contributed by atoms with Crippen LogP contribution in [-0.2, 0) is 6.54 Å². The second kappa shape index (κ2) is 6.63. The molecule has 0 aliphatic heterocycles. The van der Waals surface area contributed by atoms with Crippen molar-refractivity contribution < 1.29 is 8.81 Å². The van der Waals surface area contributed by atoms with Gasteiger partial charge in [-0.25, -0.2) is 4.39 Å². The van der Waals surface area contributed by atoms with Gasteiger partial charge in [0.25, 0.3) is 0 Å². The van der Waals surface area contributed by atoms with Crippen molar-refractivity contribution in [1.29, 1.82) is 0 Å². The molecule has 0 amide bonds. The Hall–Kier alpha value is -1.72. The second-order valence-electron chi connectivity index (χ2n) is 5.23. The van der Waals surface area contributed by atoms with Crippen LogP contribution in [0.3, 0.4) is 0 Å². The highest BCUT2D eigenvalue weighted by Crippen LogP contribution is 2.19. The van der Waals surface area contributed by atoms with E-state index >= 15 is 0 Å².